The van der Waals surface area contributed by atoms with Crippen molar-refractivity contribution < 1.29 is 45.1 Å². The molecule has 2 aliphatic carbocycles. The molecule has 0 saturated carbocycles. The molecule has 1 aliphatic heterocycles. The van der Waals surface area contributed by atoms with Gasteiger partial charge in [-0.25, -0.2) is 0 Å². The predicted octanol–water partition coefficient (Wildman–Crippen LogP) is 5.19. The Morgan fingerprint density at radius 1 is 0.571 bits per heavy atom. The second-order valence-corrected chi connectivity index (χ2v) is 26.1. The molecule has 1 atom stereocenters. The summed E-state index contributed by atoms with van der Waals surface area (Å²) in [4.78, 5) is 0. The summed E-state index contributed by atoms with van der Waals surface area (Å²) in [5.74, 6) is 0. The Bertz CT molecular complexity index is 1620. The first-order chi connectivity index (χ1) is 19.0. The summed E-state index contributed by atoms with van der Waals surface area (Å²) >= 11 is -2.77. The van der Waals surface area contributed by atoms with E-state index in [2.05, 4.69) is 139 Å². The molecular formula is C39H42Cl2Zr. The Morgan fingerprint density at radius 2 is 1.12 bits per heavy atom. The number of rotatable bonds is 3. The molecule has 7 rings (SSSR count). The van der Waals surface area contributed by atoms with Crippen molar-refractivity contribution in [1.29, 1.82) is 0 Å². The van der Waals surface area contributed by atoms with E-state index in [1.165, 1.54) is 47.2 Å². The van der Waals surface area contributed by atoms with Crippen LogP contribution in [0.3, 0.4) is 0 Å². The van der Waals surface area contributed by atoms with Gasteiger partial charge in [-0.3, -0.25) is 0 Å². The average molecular weight is 673 g/mol. The van der Waals surface area contributed by atoms with Crippen molar-refractivity contribution >= 4 is 6.08 Å². The van der Waals surface area contributed by atoms with Gasteiger partial charge in [-0.2, -0.15) is 0 Å². The molecule has 42 heavy (non-hydrogen) atoms. The van der Waals surface area contributed by atoms with E-state index in [4.69, 9.17) is 0 Å². The van der Waals surface area contributed by atoms with Crippen LogP contribution < -0.4 is 24.8 Å². The van der Waals surface area contributed by atoms with Crippen molar-refractivity contribution in [2.45, 2.75) is 74.8 Å². The average Bonchev–Trinajstić information content (AvgIpc) is 3.51. The number of fused-ring (bicyclic) bond motifs is 4. The van der Waals surface area contributed by atoms with Crippen molar-refractivity contribution in [1.82, 2.24) is 0 Å². The van der Waals surface area contributed by atoms with E-state index in [9.17, 15) is 0 Å². The largest absolute Gasteiger partial charge is 1.00 e. The molecule has 4 aromatic rings. The van der Waals surface area contributed by atoms with Crippen LogP contribution in [0, 0.1) is 0 Å². The summed E-state index contributed by atoms with van der Waals surface area (Å²) in [6.45, 7) is 16.6. The van der Waals surface area contributed by atoms with E-state index in [-0.39, 0.29) is 35.6 Å². The van der Waals surface area contributed by atoms with Gasteiger partial charge in [0.1, 0.15) is 0 Å². The van der Waals surface area contributed by atoms with Crippen LogP contribution in [-0.2, 0) is 31.1 Å². The fraction of sp³-hybridized carbons (Fsp3) is 0.333. The second kappa shape index (κ2) is 10.9. The molecule has 4 aromatic carbocycles. The molecule has 216 valence electrons. The van der Waals surface area contributed by atoms with Gasteiger partial charge < -0.3 is 24.8 Å². The molecule has 1 unspecified atom stereocenters. The standard InChI is InChI=1S/C21H25.C16H13.C2H4.2ClH.Zr/c1-20(2,3)16-7-9-18-14(12-16)11-15-13-17(21(4,5)6)8-10-19(15)18;1-12-10-14-8-5-9-15(16(14)11-12)13-6-3-2-4-7-13;1-2;;;/h7-13H,1-6H3;2-11H,1H3;1-2H2;2*1H;/q;;;;;+2/p-2. The van der Waals surface area contributed by atoms with E-state index in [1.54, 1.807) is 22.3 Å². The number of hydrogen-bond donors (Lipinski definition) is 0. The zero-order chi connectivity index (χ0) is 28.0. The summed E-state index contributed by atoms with van der Waals surface area (Å²) in [6.07, 6.45) is 2.56. The number of halogens is 2. The van der Waals surface area contributed by atoms with Crippen LogP contribution in [-0.4, -0.2) is 0 Å². The molecule has 0 aromatic heterocycles. The van der Waals surface area contributed by atoms with Gasteiger partial charge >= 0.3 is 247 Å². The minimum atomic E-state index is -2.77. The molecule has 3 heteroatoms. The van der Waals surface area contributed by atoms with Gasteiger partial charge in [0.25, 0.3) is 0 Å². The third kappa shape index (κ3) is 4.93. The molecule has 3 aliphatic rings. The molecule has 0 radical (unpaired) electrons. The van der Waals surface area contributed by atoms with Gasteiger partial charge in [0.2, 0.25) is 0 Å². The molecule has 1 fully saturated rings. The van der Waals surface area contributed by atoms with Gasteiger partial charge in [0, 0.05) is 0 Å². The fourth-order valence-corrected chi connectivity index (χ4v) is 25.2. The Hall–Kier alpha value is -1.92. The summed E-state index contributed by atoms with van der Waals surface area (Å²) in [6, 6.07) is 33.1. The summed E-state index contributed by atoms with van der Waals surface area (Å²) in [5.41, 5.74) is 17.1. The molecule has 1 heterocycles. The molecule has 1 saturated heterocycles. The van der Waals surface area contributed by atoms with E-state index < -0.39 is 20.3 Å². The van der Waals surface area contributed by atoms with E-state index in [0.717, 1.165) is 0 Å². The van der Waals surface area contributed by atoms with Crippen molar-refractivity contribution in [2.75, 3.05) is 0 Å². The third-order valence-corrected chi connectivity index (χ3v) is 23.2. The minimum absolute atomic E-state index is 0. The first-order valence-corrected chi connectivity index (χ1v) is 21.5. The van der Waals surface area contributed by atoms with Crippen LogP contribution in [0.2, 0.25) is 8.26 Å². The zero-order valence-corrected chi connectivity index (χ0v) is 30.0. The number of hydrogen-bond acceptors (Lipinski definition) is 0. The third-order valence-electron chi connectivity index (χ3n) is 10.1. The SMILES string of the molecule is CC1=Cc2c(-c3ccccc3)cccc2[CH]1[Zr+2]1([CH]2c3cc(C(C)(C)C)ccc3-c3ccc(C(C)(C)C)cc32)[CH2][CH2]1.[Cl-].[Cl-]. The maximum absolute atomic E-state index is 2.77. The van der Waals surface area contributed by atoms with Crippen LogP contribution in [0.25, 0.3) is 28.3 Å². The minimum Gasteiger partial charge on any atom is -1.00 e. The van der Waals surface area contributed by atoms with Crippen LogP contribution in [0.4, 0.5) is 0 Å². The quantitative estimate of drug-likeness (QED) is 0.281. The number of allylic oxidation sites excluding steroid dienone is 1. The molecular weight excluding hydrogens is 631 g/mol. The van der Waals surface area contributed by atoms with Gasteiger partial charge in [-0.1, -0.05) is 0 Å². The monoisotopic (exact) mass is 670 g/mol. The first kappa shape index (κ1) is 31.5. The van der Waals surface area contributed by atoms with Gasteiger partial charge in [-0.05, 0) is 0 Å². The van der Waals surface area contributed by atoms with E-state index >= 15 is 0 Å². The Labute approximate surface area is 270 Å². The molecule has 0 nitrogen and oxygen atoms in total. The van der Waals surface area contributed by atoms with Crippen LogP contribution in [0.1, 0.15) is 89.1 Å². The Balaban J connectivity index is 0.00000176. The fourth-order valence-electron chi connectivity index (χ4n) is 7.89. The maximum Gasteiger partial charge on any atom is -1.00 e. The van der Waals surface area contributed by atoms with Gasteiger partial charge in [-0.15, -0.1) is 0 Å². The molecule has 0 spiro atoms. The van der Waals surface area contributed by atoms with Gasteiger partial charge in [0.05, 0.1) is 0 Å². The molecule has 0 bridgehead atoms. The summed E-state index contributed by atoms with van der Waals surface area (Å²) < 4.78 is 4.27. The summed E-state index contributed by atoms with van der Waals surface area (Å²) in [7, 11) is 0. The van der Waals surface area contributed by atoms with Crippen molar-refractivity contribution in [3.63, 3.8) is 0 Å². The molecule has 0 N–H and O–H groups in total. The first-order valence-electron chi connectivity index (χ1n) is 15.1. The van der Waals surface area contributed by atoms with Crippen LogP contribution in [0.5, 0.6) is 0 Å². The topological polar surface area (TPSA) is 0 Å². The Morgan fingerprint density at radius 3 is 1.62 bits per heavy atom. The van der Waals surface area contributed by atoms with Gasteiger partial charge in [0.15, 0.2) is 0 Å². The Kier molecular flexibility index (Phi) is 8.18. The smallest absolute Gasteiger partial charge is 1.00 e. The summed E-state index contributed by atoms with van der Waals surface area (Å²) in [5, 5.41) is 0. The van der Waals surface area contributed by atoms with E-state index in [1.807, 2.05) is 0 Å². The van der Waals surface area contributed by atoms with Crippen molar-refractivity contribution in [3.05, 3.63) is 124 Å². The predicted molar refractivity (Wildman–Crippen MR) is 169 cm³/mol. The van der Waals surface area contributed by atoms with Crippen LogP contribution in [0.15, 0.2) is 90.5 Å². The maximum atomic E-state index is 2.63. The van der Waals surface area contributed by atoms with Crippen LogP contribution >= 0.6 is 0 Å². The second-order valence-electron chi connectivity index (χ2n) is 14.8. The van der Waals surface area contributed by atoms with E-state index in [0.29, 0.717) is 7.25 Å². The zero-order valence-electron chi connectivity index (χ0n) is 26.0. The van der Waals surface area contributed by atoms with Crippen molar-refractivity contribution in [2.24, 2.45) is 0 Å². The number of benzene rings is 4. The van der Waals surface area contributed by atoms with Crippen molar-refractivity contribution in [3.8, 4) is 22.3 Å². The normalized spacial score (nSPS) is 17.5. The molecule has 0 amide bonds.